The highest BCUT2D eigenvalue weighted by atomic mass is 32.1. The van der Waals surface area contributed by atoms with Crippen molar-refractivity contribution in [1.82, 2.24) is 15.0 Å². The number of thiophene rings is 1. The van der Waals surface area contributed by atoms with Gasteiger partial charge in [-0.05, 0) is 56.4 Å². The molecule has 34 heavy (non-hydrogen) atoms. The normalized spacial score (nSPS) is 17.8. The molecule has 0 spiro atoms. The smallest absolute Gasteiger partial charge is 0.396 e. The van der Waals surface area contributed by atoms with Crippen molar-refractivity contribution in [2.24, 2.45) is 5.92 Å². The van der Waals surface area contributed by atoms with E-state index >= 15 is 0 Å². The lowest BCUT2D eigenvalue weighted by atomic mass is 10.1. The second-order valence-electron chi connectivity index (χ2n) is 8.16. The Balaban J connectivity index is 1.61. The van der Waals surface area contributed by atoms with Crippen LogP contribution in [0.2, 0.25) is 0 Å². The Morgan fingerprint density at radius 2 is 2.00 bits per heavy atom. The number of nitrogens with zero attached hydrogens (tertiary/aromatic N) is 3. The van der Waals surface area contributed by atoms with E-state index in [4.69, 9.17) is 0 Å². The van der Waals surface area contributed by atoms with Gasteiger partial charge in [0, 0.05) is 18.8 Å². The average molecular weight is 488 g/mol. The van der Waals surface area contributed by atoms with Crippen LogP contribution in [0.4, 0.5) is 24.9 Å². The SMILES string of the molecule is Cc1nc(NCC(F)(F)F)nc(NC2CCC(CO)C2)c1C#Cc1ccc(-c2ccccn2)s1. The van der Waals surface area contributed by atoms with Gasteiger partial charge in [0.05, 0.1) is 26.7 Å². The van der Waals surface area contributed by atoms with Crippen LogP contribution >= 0.6 is 11.3 Å². The molecule has 4 rings (SSSR count). The van der Waals surface area contributed by atoms with E-state index in [0.29, 0.717) is 17.1 Å². The average Bonchev–Trinajstić information content (AvgIpc) is 3.47. The quantitative estimate of drug-likeness (QED) is 0.431. The third kappa shape index (κ3) is 6.24. The van der Waals surface area contributed by atoms with Crippen molar-refractivity contribution in [2.75, 3.05) is 23.8 Å². The van der Waals surface area contributed by atoms with E-state index in [0.717, 1.165) is 34.7 Å². The minimum atomic E-state index is -4.38. The van der Waals surface area contributed by atoms with Gasteiger partial charge in [0.1, 0.15) is 12.4 Å². The molecular weight excluding hydrogens is 463 g/mol. The molecule has 3 aromatic rings. The van der Waals surface area contributed by atoms with Crippen LogP contribution in [-0.2, 0) is 0 Å². The van der Waals surface area contributed by atoms with Gasteiger partial charge in [-0.15, -0.1) is 11.3 Å². The van der Waals surface area contributed by atoms with Crippen LogP contribution in [0.5, 0.6) is 0 Å². The Morgan fingerprint density at radius 1 is 1.15 bits per heavy atom. The lowest BCUT2D eigenvalue weighted by molar-refractivity contribution is -0.115. The summed E-state index contributed by atoms with van der Waals surface area (Å²) in [5.74, 6) is 6.74. The predicted octanol–water partition coefficient (Wildman–Crippen LogP) is 4.86. The second kappa shape index (κ2) is 10.4. The zero-order valence-electron chi connectivity index (χ0n) is 18.5. The Kier molecular flexibility index (Phi) is 7.34. The van der Waals surface area contributed by atoms with Crippen molar-refractivity contribution in [3.8, 4) is 22.4 Å². The van der Waals surface area contributed by atoms with Gasteiger partial charge in [-0.2, -0.15) is 18.2 Å². The number of aromatic nitrogens is 3. The lowest BCUT2D eigenvalue weighted by Gasteiger charge is -2.17. The standard InChI is InChI=1S/C24H24F3N5OS/c1-15-19(9-7-18-8-10-21(34-18)20-4-2-3-11-28-20)22(31-17-6-5-16(12-17)13-33)32-23(30-15)29-14-24(25,26)27/h2-4,8,10-11,16-17,33H,5-6,12-14H2,1H3,(H2,29,30,31,32). The first-order chi connectivity index (χ1) is 16.3. The van der Waals surface area contributed by atoms with Crippen molar-refractivity contribution in [2.45, 2.75) is 38.4 Å². The van der Waals surface area contributed by atoms with E-state index in [-0.39, 0.29) is 24.5 Å². The molecule has 3 heterocycles. The highest BCUT2D eigenvalue weighted by molar-refractivity contribution is 7.16. The molecule has 2 unspecified atom stereocenters. The number of alkyl halides is 3. The molecule has 1 saturated carbocycles. The van der Waals surface area contributed by atoms with Gasteiger partial charge in [0.15, 0.2) is 0 Å². The maximum atomic E-state index is 12.7. The summed E-state index contributed by atoms with van der Waals surface area (Å²) in [4.78, 5) is 14.7. The van der Waals surface area contributed by atoms with Crippen LogP contribution in [-0.4, -0.2) is 45.4 Å². The first-order valence-corrected chi connectivity index (χ1v) is 11.7. The zero-order chi connectivity index (χ0) is 24.1. The van der Waals surface area contributed by atoms with E-state index in [1.54, 1.807) is 13.1 Å². The minimum Gasteiger partial charge on any atom is -0.396 e. The molecular formula is C24H24F3N5OS. The van der Waals surface area contributed by atoms with Crippen molar-refractivity contribution in [3.63, 3.8) is 0 Å². The number of anilines is 2. The summed E-state index contributed by atoms with van der Waals surface area (Å²) in [5, 5.41) is 15.0. The van der Waals surface area contributed by atoms with Gasteiger partial charge < -0.3 is 15.7 Å². The van der Waals surface area contributed by atoms with E-state index in [2.05, 4.69) is 37.4 Å². The lowest BCUT2D eigenvalue weighted by Crippen LogP contribution is -2.24. The molecule has 0 radical (unpaired) electrons. The Labute approximate surface area is 199 Å². The Bertz CT molecular complexity index is 1190. The van der Waals surface area contributed by atoms with Crippen LogP contribution in [0.15, 0.2) is 36.5 Å². The number of halogens is 3. The molecule has 3 aromatic heterocycles. The number of hydrogen-bond acceptors (Lipinski definition) is 7. The van der Waals surface area contributed by atoms with E-state index in [1.807, 2.05) is 30.3 Å². The topological polar surface area (TPSA) is 83.0 Å². The highest BCUT2D eigenvalue weighted by Crippen LogP contribution is 2.30. The van der Waals surface area contributed by atoms with Crippen molar-refractivity contribution in [1.29, 1.82) is 0 Å². The summed E-state index contributed by atoms with van der Waals surface area (Å²) in [7, 11) is 0. The van der Waals surface area contributed by atoms with Gasteiger partial charge in [-0.25, -0.2) is 4.98 Å². The summed E-state index contributed by atoms with van der Waals surface area (Å²) < 4.78 is 38.0. The molecule has 0 saturated heterocycles. The Morgan fingerprint density at radius 3 is 2.71 bits per heavy atom. The molecule has 1 aliphatic carbocycles. The number of aliphatic hydroxyl groups is 1. The number of nitrogens with one attached hydrogen (secondary N) is 2. The molecule has 2 atom stereocenters. The van der Waals surface area contributed by atoms with Crippen LogP contribution in [0.3, 0.4) is 0 Å². The zero-order valence-corrected chi connectivity index (χ0v) is 19.3. The minimum absolute atomic E-state index is 0.0555. The summed E-state index contributed by atoms with van der Waals surface area (Å²) in [5.41, 5.74) is 1.88. The molecule has 6 nitrogen and oxygen atoms in total. The molecule has 10 heteroatoms. The molecule has 178 valence electrons. The fourth-order valence-electron chi connectivity index (χ4n) is 3.83. The van der Waals surface area contributed by atoms with Gasteiger partial charge in [0.2, 0.25) is 5.95 Å². The number of pyridine rings is 1. The third-order valence-electron chi connectivity index (χ3n) is 5.51. The van der Waals surface area contributed by atoms with E-state index in [9.17, 15) is 18.3 Å². The number of aliphatic hydroxyl groups excluding tert-OH is 1. The summed E-state index contributed by atoms with van der Waals surface area (Å²) >= 11 is 1.50. The molecule has 0 aliphatic heterocycles. The van der Waals surface area contributed by atoms with Crippen molar-refractivity contribution < 1.29 is 18.3 Å². The van der Waals surface area contributed by atoms with E-state index < -0.39 is 12.7 Å². The van der Waals surface area contributed by atoms with Crippen molar-refractivity contribution in [3.05, 3.63) is 52.7 Å². The number of aryl methyl sites for hydroxylation is 1. The maximum absolute atomic E-state index is 12.7. The summed E-state index contributed by atoms with van der Waals surface area (Å²) in [6, 6.07) is 9.63. The molecule has 0 aromatic carbocycles. The largest absolute Gasteiger partial charge is 0.405 e. The monoisotopic (exact) mass is 487 g/mol. The summed E-state index contributed by atoms with van der Waals surface area (Å²) in [6.45, 7) is 0.593. The van der Waals surface area contributed by atoms with Gasteiger partial charge in [-0.1, -0.05) is 17.9 Å². The molecule has 3 N–H and O–H groups in total. The first kappa shape index (κ1) is 24.0. The van der Waals surface area contributed by atoms with Crippen LogP contribution in [0.25, 0.3) is 10.6 Å². The maximum Gasteiger partial charge on any atom is 0.405 e. The first-order valence-electron chi connectivity index (χ1n) is 10.9. The fourth-order valence-corrected chi connectivity index (χ4v) is 4.66. The van der Waals surface area contributed by atoms with Crippen LogP contribution in [0, 0.1) is 24.7 Å². The number of hydrogen-bond donors (Lipinski definition) is 3. The van der Waals surface area contributed by atoms with Crippen LogP contribution in [0.1, 0.15) is 35.4 Å². The molecule has 0 bridgehead atoms. The van der Waals surface area contributed by atoms with Gasteiger partial charge in [-0.3, -0.25) is 4.98 Å². The second-order valence-corrected chi connectivity index (χ2v) is 9.24. The summed E-state index contributed by atoms with van der Waals surface area (Å²) in [6.07, 6.45) is -0.170. The highest BCUT2D eigenvalue weighted by Gasteiger charge is 2.28. The van der Waals surface area contributed by atoms with Crippen LogP contribution < -0.4 is 10.6 Å². The molecule has 1 aliphatic rings. The predicted molar refractivity (Wildman–Crippen MR) is 127 cm³/mol. The fraction of sp³-hybridized carbons (Fsp3) is 0.375. The molecule has 1 fully saturated rings. The third-order valence-corrected chi connectivity index (χ3v) is 6.53. The molecule has 0 amide bonds. The van der Waals surface area contributed by atoms with Crippen molar-refractivity contribution >= 4 is 23.1 Å². The number of rotatable bonds is 6. The Hall–Kier alpha value is -3.16. The van der Waals surface area contributed by atoms with Gasteiger partial charge in [0.25, 0.3) is 0 Å². The van der Waals surface area contributed by atoms with E-state index in [1.165, 1.54) is 11.3 Å². The van der Waals surface area contributed by atoms with Gasteiger partial charge >= 0.3 is 6.18 Å².